The molecule has 5 heteroatoms. The molecule has 166 valence electrons. The van der Waals surface area contributed by atoms with Crippen molar-refractivity contribution in [2.24, 2.45) is 5.41 Å². The summed E-state index contributed by atoms with van der Waals surface area (Å²) in [7, 11) is 0. The van der Waals surface area contributed by atoms with Crippen molar-refractivity contribution < 1.29 is 24.9 Å². The van der Waals surface area contributed by atoms with E-state index in [0.717, 1.165) is 25.7 Å². The van der Waals surface area contributed by atoms with E-state index in [4.69, 9.17) is 4.74 Å². The molecule has 0 saturated heterocycles. The Kier molecular flexibility index (Phi) is 18.8. The van der Waals surface area contributed by atoms with Gasteiger partial charge in [-0.2, -0.15) is 0 Å². The van der Waals surface area contributed by atoms with Gasteiger partial charge in [-0.1, -0.05) is 70.4 Å². The van der Waals surface area contributed by atoms with E-state index in [-0.39, 0.29) is 12.6 Å². The predicted molar refractivity (Wildman–Crippen MR) is 114 cm³/mol. The van der Waals surface area contributed by atoms with Gasteiger partial charge in [-0.3, -0.25) is 4.79 Å². The lowest BCUT2D eigenvalue weighted by molar-refractivity contribution is -0.151. The molecule has 0 aliphatic heterocycles. The number of carbonyl (C=O) groups is 1. The summed E-state index contributed by atoms with van der Waals surface area (Å²) in [4.78, 5) is 11.7. The molecule has 0 fully saturated rings. The van der Waals surface area contributed by atoms with Gasteiger partial charge in [0.2, 0.25) is 0 Å². The van der Waals surface area contributed by atoms with E-state index in [9.17, 15) is 20.1 Å². The first kappa shape index (κ1) is 27.1. The van der Waals surface area contributed by atoms with Crippen molar-refractivity contribution in [1.82, 2.24) is 0 Å². The molecule has 0 saturated carbocycles. The number of aliphatic hydroxyl groups is 3. The maximum absolute atomic E-state index is 11.7. The minimum absolute atomic E-state index is 0.152. The van der Waals surface area contributed by atoms with Crippen LogP contribution in [0.5, 0.6) is 0 Å². The van der Waals surface area contributed by atoms with Gasteiger partial charge < -0.3 is 20.1 Å². The molecule has 0 aromatic rings. The molecular weight excluding hydrogens is 356 g/mol. The standard InChI is InChI=1S/C23H44O5/c1-2-3-4-5-6-7-8-9-10-11-12-13-14-15-16-17-22(27)28-21-23(18-24,19-25)20-26/h9-10,24-26H,2-8,11-21H2,1H3/b10-9+. The van der Waals surface area contributed by atoms with Gasteiger partial charge in [0.15, 0.2) is 0 Å². The topological polar surface area (TPSA) is 87.0 Å². The molecule has 3 N–H and O–H groups in total. The summed E-state index contributed by atoms with van der Waals surface area (Å²) in [5.41, 5.74) is -1.14. The minimum Gasteiger partial charge on any atom is -0.465 e. The van der Waals surface area contributed by atoms with Crippen molar-refractivity contribution in [1.29, 1.82) is 0 Å². The maximum Gasteiger partial charge on any atom is 0.305 e. The van der Waals surface area contributed by atoms with Gasteiger partial charge in [-0.25, -0.2) is 0 Å². The number of hydrogen-bond donors (Lipinski definition) is 3. The van der Waals surface area contributed by atoms with Crippen LogP contribution in [0.25, 0.3) is 0 Å². The Morgan fingerprint density at radius 3 is 1.71 bits per heavy atom. The summed E-state index contributed by atoms with van der Waals surface area (Å²) in [6, 6.07) is 0. The SMILES string of the molecule is CCCCCCCC/C=C/CCCCCCCC(=O)OCC(CO)(CO)CO. The number of allylic oxidation sites excluding steroid dienone is 2. The van der Waals surface area contributed by atoms with Gasteiger partial charge in [-0.15, -0.1) is 0 Å². The van der Waals surface area contributed by atoms with Gasteiger partial charge >= 0.3 is 5.97 Å². The number of carbonyl (C=O) groups excluding carboxylic acids is 1. The van der Waals surface area contributed by atoms with Crippen LogP contribution in [0.4, 0.5) is 0 Å². The molecule has 0 rings (SSSR count). The molecule has 0 radical (unpaired) electrons. The first-order valence-electron chi connectivity index (χ1n) is 11.3. The van der Waals surface area contributed by atoms with Gasteiger partial charge in [0.25, 0.3) is 0 Å². The fourth-order valence-corrected chi connectivity index (χ4v) is 2.93. The minimum atomic E-state index is -1.14. The fraction of sp³-hybridized carbons (Fsp3) is 0.870. The zero-order valence-corrected chi connectivity index (χ0v) is 18.0. The zero-order valence-electron chi connectivity index (χ0n) is 18.0. The van der Waals surface area contributed by atoms with Crippen LogP contribution in [-0.2, 0) is 9.53 Å². The highest BCUT2D eigenvalue weighted by atomic mass is 16.5. The summed E-state index contributed by atoms with van der Waals surface area (Å²) in [5, 5.41) is 27.6. The van der Waals surface area contributed by atoms with Crippen LogP contribution in [0.1, 0.15) is 96.8 Å². The molecule has 0 aliphatic rings. The molecule has 0 atom stereocenters. The highest BCUT2D eigenvalue weighted by molar-refractivity contribution is 5.69. The lowest BCUT2D eigenvalue weighted by atomic mass is 9.93. The van der Waals surface area contributed by atoms with Crippen LogP contribution in [0.3, 0.4) is 0 Å². The Labute approximate surface area is 172 Å². The quantitative estimate of drug-likeness (QED) is 0.159. The molecule has 0 unspecified atom stereocenters. The Morgan fingerprint density at radius 2 is 1.21 bits per heavy atom. The summed E-state index contributed by atoms with van der Waals surface area (Å²) in [6.45, 7) is 0.849. The lowest BCUT2D eigenvalue weighted by Crippen LogP contribution is -2.39. The third-order valence-electron chi connectivity index (χ3n) is 5.19. The Morgan fingerprint density at radius 1 is 0.750 bits per heavy atom. The van der Waals surface area contributed by atoms with E-state index in [0.29, 0.717) is 6.42 Å². The Hall–Kier alpha value is -0.910. The van der Waals surface area contributed by atoms with Crippen LogP contribution in [-0.4, -0.2) is 47.7 Å². The fourth-order valence-electron chi connectivity index (χ4n) is 2.93. The van der Waals surface area contributed by atoms with Crippen molar-refractivity contribution in [2.75, 3.05) is 26.4 Å². The highest BCUT2D eigenvalue weighted by Crippen LogP contribution is 2.16. The molecule has 28 heavy (non-hydrogen) atoms. The third kappa shape index (κ3) is 15.1. The average molecular weight is 401 g/mol. The van der Waals surface area contributed by atoms with Crippen molar-refractivity contribution in [3.8, 4) is 0 Å². The second kappa shape index (κ2) is 19.4. The van der Waals surface area contributed by atoms with Crippen LogP contribution in [0.15, 0.2) is 12.2 Å². The number of hydrogen-bond acceptors (Lipinski definition) is 5. The molecule has 5 nitrogen and oxygen atoms in total. The number of aliphatic hydroxyl groups excluding tert-OH is 3. The van der Waals surface area contributed by atoms with E-state index in [1.54, 1.807) is 0 Å². The second-order valence-electron chi connectivity index (χ2n) is 7.97. The summed E-state index contributed by atoms with van der Waals surface area (Å²) >= 11 is 0. The molecule has 0 aliphatic carbocycles. The van der Waals surface area contributed by atoms with Gasteiger partial charge in [0, 0.05) is 6.42 Å². The van der Waals surface area contributed by atoms with Crippen molar-refractivity contribution in [3.05, 3.63) is 12.2 Å². The highest BCUT2D eigenvalue weighted by Gasteiger charge is 2.29. The third-order valence-corrected chi connectivity index (χ3v) is 5.19. The number of ether oxygens (including phenoxy) is 1. The first-order valence-corrected chi connectivity index (χ1v) is 11.3. The molecule has 0 amide bonds. The second-order valence-corrected chi connectivity index (χ2v) is 7.97. The Bertz CT molecular complexity index is 369. The number of unbranched alkanes of at least 4 members (excludes halogenated alkanes) is 11. The molecular formula is C23H44O5. The number of esters is 1. The van der Waals surface area contributed by atoms with Crippen LogP contribution in [0.2, 0.25) is 0 Å². The van der Waals surface area contributed by atoms with Crippen molar-refractivity contribution >= 4 is 5.97 Å². The number of rotatable bonds is 20. The zero-order chi connectivity index (χ0) is 20.9. The van der Waals surface area contributed by atoms with Crippen LogP contribution in [0, 0.1) is 5.41 Å². The normalized spacial score (nSPS) is 12.0. The van der Waals surface area contributed by atoms with Crippen molar-refractivity contribution in [2.45, 2.75) is 96.8 Å². The monoisotopic (exact) mass is 400 g/mol. The van der Waals surface area contributed by atoms with Gasteiger partial charge in [0.1, 0.15) is 6.61 Å². The van der Waals surface area contributed by atoms with E-state index < -0.39 is 25.2 Å². The van der Waals surface area contributed by atoms with E-state index >= 15 is 0 Å². The summed E-state index contributed by atoms with van der Waals surface area (Å²) < 4.78 is 5.07. The van der Waals surface area contributed by atoms with Gasteiger partial charge in [-0.05, 0) is 32.1 Å². The van der Waals surface area contributed by atoms with E-state index in [2.05, 4.69) is 19.1 Å². The lowest BCUT2D eigenvalue weighted by Gasteiger charge is -2.26. The molecule has 0 bridgehead atoms. The Balaban J connectivity index is 3.45. The van der Waals surface area contributed by atoms with Crippen molar-refractivity contribution in [3.63, 3.8) is 0 Å². The van der Waals surface area contributed by atoms with Crippen LogP contribution >= 0.6 is 0 Å². The summed E-state index contributed by atoms with van der Waals surface area (Å²) in [5.74, 6) is -0.336. The predicted octanol–water partition coefficient (Wildman–Crippen LogP) is 4.53. The first-order chi connectivity index (χ1) is 13.6. The maximum atomic E-state index is 11.7. The molecule has 0 heterocycles. The van der Waals surface area contributed by atoms with E-state index in [1.165, 1.54) is 57.8 Å². The van der Waals surface area contributed by atoms with Gasteiger partial charge in [0.05, 0.1) is 25.2 Å². The summed E-state index contributed by atoms with van der Waals surface area (Å²) in [6.07, 6.45) is 20.7. The molecule has 0 spiro atoms. The van der Waals surface area contributed by atoms with E-state index in [1.807, 2.05) is 0 Å². The molecule has 0 aromatic carbocycles. The largest absolute Gasteiger partial charge is 0.465 e. The van der Waals surface area contributed by atoms with Crippen LogP contribution < -0.4 is 0 Å². The smallest absolute Gasteiger partial charge is 0.305 e. The molecule has 0 aromatic heterocycles. The average Bonchev–Trinajstić information content (AvgIpc) is 2.72.